The van der Waals surface area contributed by atoms with E-state index in [2.05, 4.69) is 104 Å². The molecule has 0 aliphatic heterocycles. The molecule has 0 aromatic carbocycles. The molecule has 0 spiro atoms. The van der Waals surface area contributed by atoms with Crippen molar-refractivity contribution in [3.8, 4) is 0 Å². The highest BCUT2D eigenvalue weighted by molar-refractivity contribution is 7.47. The van der Waals surface area contributed by atoms with E-state index in [1.165, 1.54) is 44.9 Å². The predicted molar refractivity (Wildman–Crippen MR) is 230 cm³/mol. The number of nitrogens with one attached hydrogen (secondary N) is 1. The lowest BCUT2D eigenvalue weighted by Crippen LogP contribution is -2.45. The van der Waals surface area contributed by atoms with Gasteiger partial charge in [-0.3, -0.25) is 13.8 Å². The molecule has 0 aromatic rings. The van der Waals surface area contributed by atoms with E-state index >= 15 is 0 Å². The van der Waals surface area contributed by atoms with Crippen LogP contribution in [0.15, 0.2) is 97.2 Å². The molecule has 3 atom stereocenters. The lowest BCUT2D eigenvalue weighted by Gasteiger charge is -2.23. The van der Waals surface area contributed by atoms with Gasteiger partial charge < -0.3 is 21.1 Å². The van der Waals surface area contributed by atoms with Crippen molar-refractivity contribution in [1.82, 2.24) is 5.32 Å². The predicted octanol–water partition coefficient (Wildman–Crippen LogP) is 11.6. The lowest BCUT2D eigenvalue weighted by molar-refractivity contribution is -0.123. The molecule has 9 heteroatoms. The van der Waals surface area contributed by atoms with E-state index in [4.69, 9.17) is 14.8 Å². The number of allylic oxidation sites excluding steroid dienone is 15. The van der Waals surface area contributed by atoms with Crippen molar-refractivity contribution in [2.45, 2.75) is 161 Å². The summed E-state index contributed by atoms with van der Waals surface area (Å²) in [5.74, 6) is -0.245. The van der Waals surface area contributed by atoms with Crippen LogP contribution in [0.2, 0.25) is 0 Å². The summed E-state index contributed by atoms with van der Waals surface area (Å²) in [6.07, 6.45) is 54.5. The second-order valence-corrected chi connectivity index (χ2v) is 14.9. The van der Waals surface area contributed by atoms with Crippen LogP contribution >= 0.6 is 7.82 Å². The number of aliphatic hydroxyl groups is 1. The Kier molecular flexibility index (Phi) is 38.2. The van der Waals surface area contributed by atoms with Gasteiger partial charge in [-0.2, -0.15) is 0 Å². The quantitative estimate of drug-likeness (QED) is 0.0281. The number of rotatable bonds is 37. The average molecular weight is 773 g/mol. The van der Waals surface area contributed by atoms with Gasteiger partial charge in [0.05, 0.1) is 25.4 Å². The van der Waals surface area contributed by atoms with Gasteiger partial charge in [-0.25, -0.2) is 4.57 Å². The first-order chi connectivity index (χ1) is 26.4. The summed E-state index contributed by atoms with van der Waals surface area (Å²) in [4.78, 5) is 22.7. The Morgan fingerprint density at radius 1 is 0.630 bits per heavy atom. The monoisotopic (exact) mass is 773 g/mol. The Hall–Kier alpha value is -2.58. The summed E-state index contributed by atoms with van der Waals surface area (Å²) in [6, 6.07) is -0.907. The molecular weight excluding hydrogens is 695 g/mol. The molecule has 0 bridgehead atoms. The third-order valence-corrected chi connectivity index (χ3v) is 9.36. The number of unbranched alkanes of at least 4 members (excludes halogenated alkanes) is 11. The van der Waals surface area contributed by atoms with Gasteiger partial charge >= 0.3 is 7.82 Å². The summed E-state index contributed by atoms with van der Waals surface area (Å²) < 4.78 is 22.1. The highest BCUT2D eigenvalue weighted by atomic mass is 31.2. The van der Waals surface area contributed by atoms with Crippen LogP contribution in [0.1, 0.15) is 149 Å². The largest absolute Gasteiger partial charge is 0.472 e. The fourth-order valence-corrected chi connectivity index (χ4v) is 6.01. The second kappa shape index (κ2) is 40.1. The van der Waals surface area contributed by atoms with E-state index in [9.17, 15) is 19.4 Å². The number of hydrogen-bond donors (Lipinski definition) is 4. The molecule has 0 rings (SSSR count). The van der Waals surface area contributed by atoms with Crippen LogP contribution < -0.4 is 11.1 Å². The molecule has 0 aliphatic rings. The smallest absolute Gasteiger partial charge is 0.387 e. The highest BCUT2D eigenvalue weighted by Crippen LogP contribution is 2.43. The van der Waals surface area contributed by atoms with E-state index < -0.39 is 20.0 Å². The molecule has 3 unspecified atom stereocenters. The molecule has 0 heterocycles. The van der Waals surface area contributed by atoms with Crippen LogP contribution in [0.5, 0.6) is 0 Å². The van der Waals surface area contributed by atoms with Gasteiger partial charge in [0, 0.05) is 13.0 Å². The van der Waals surface area contributed by atoms with E-state index in [0.717, 1.165) is 77.0 Å². The van der Waals surface area contributed by atoms with Gasteiger partial charge in [-0.15, -0.1) is 0 Å². The average Bonchev–Trinajstić information content (AvgIpc) is 3.16. The third kappa shape index (κ3) is 37.7. The van der Waals surface area contributed by atoms with Crippen LogP contribution in [-0.4, -0.2) is 47.8 Å². The van der Waals surface area contributed by atoms with Crippen molar-refractivity contribution < 1.29 is 28.4 Å². The summed E-state index contributed by atoms with van der Waals surface area (Å²) >= 11 is 0. The van der Waals surface area contributed by atoms with Crippen LogP contribution in [0.4, 0.5) is 0 Å². The number of nitrogens with two attached hydrogens (primary N) is 1. The Labute approximate surface area is 330 Å². The Balaban J connectivity index is 4.43. The highest BCUT2D eigenvalue weighted by Gasteiger charge is 2.26. The summed E-state index contributed by atoms with van der Waals surface area (Å²) in [7, 11) is -4.37. The molecule has 5 N–H and O–H groups in total. The van der Waals surface area contributed by atoms with E-state index in [-0.39, 0.29) is 32.1 Å². The van der Waals surface area contributed by atoms with Crippen LogP contribution in [-0.2, 0) is 18.4 Å². The van der Waals surface area contributed by atoms with Crippen molar-refractivity contribution in [1.29, 1.82) is 0 Å². The number of carbonyl (C=O) groups excluding carboxylic acids is 1. The molecule has 0 saturated carbocycles. The molecule has 8 nitrogen and oxygen atoms in total. The van der Waals surface area contributed by atoms with Crippen molar-refractivity contribution in [3.63, 3.8) is 0 Å². The van der Waals surface area contributed by atoms with Crippen LogP contribution in [0.25, 0.3) is 0 Å². The first-order valence-electron chi connectivity index (χ1n) is 20.9. The number of amides is 1. The van der Waals surface area contributed by atoms with Gasteiger partial charge in [-0.1, -0.05) is 150 Å². The van der Waals surface area contributed by atoms with Gasteiger partial charge in [0.2, 0.25) is 5.91 Å². The molecule has 308 valence electrons. The molecule has 1 amide bonds. The Bertz CT molecular complexity index is 1160. The topological polar surface area (TPSA) is 131 Å². The van der Waals surface area contributed by atoms with Crippen LogP contribution in [0.3, 0.4) is 0 Å². The second-order valence-electron chi connectivity index (χ2n) is 13.4. The number of carbonyl (C=O) groups is 1. The van der Waals surface area contributed by atoms with E-state index in [1.807, 2.05) is 6.08 Å². The molecule has 54 heavy (non-hydrogen) atoms. The molecule has 0 radical (unpaired) electrons. The third-order valence-electron chi connectivity index (χ3n) is 8.37. The van der Waals surface area contributed by atoms with Gasteiger partial charge in [0.15, 0.2) is 0 Å². The zero-order valence-electron chi connectivity index (χ0n) is 33.9. The maximum atomic E-state index is 12.7. The Morgan fingerprint density at radius 3 is 1.65 bits per heavy atom. The molecule has 0 fully saturated rings. The number of aliphatic hydroxyl groups excluding tert-OH is 1. The normalized spacial score (nSPS) is 15.1. The number of hydrogen-bond acceptors (Lipinski definition) is 6. The SMILES string of the molecule is CC/C=C\C/C=C\C/C=C\C/C=C\C/C=C\CCCCCC(=O)NC(COP(=O)(O)OCCN)C(O)/C=C/CC/C=C/CC/C=C/CCCCCCCC. The van der Waals surface area contributed by atoms with Crippen molar-refractivity contribution in [2.75, 3.05) is 19.8 Å². The summed E-state index contributed by atoms with van der Waals surface area (Å²) in [6.45, 7) is 3.92. The maximum Gasteiger partial charge on any atom is 0.472 e. The van der Waals surface area contributed by atoms with E-state index in [0.29, 0.717) is 6.42 Å². The molecular formula is C45H77N2O6P. The lowest BCUT2D eigenvalue weighted by atomic mass is 10.1. The minimum atomic E-state index is -4.37. The standard InChI is InChI=1S/C45H77N2O6P/c1-3-5-7-9-11-13-15-17-19-21-22-23-25-27-29-31-33-35-37-39-45(49)47-43(42-53-54(50,51)52-41-40-46)44(48)38-36-34-32-30-28-26-24-20-18-16-14-12-10-8-6-4-2/h5,7,11,13,17-20,22-23,27-30,36,38,43-44,48H,3-4,6,8-10,12,14-16,21,24-26,31-35,37,39-42,46H2,1-2H3,(H,47,49)(H,50,51)/b7-5-,13-11-,19-17-,20-18+,23-22-,29-27-,30-28+,38-36+. The zero-order valence-corrected chi connectivity index (χ0v) is 34.8. The van der Waals surface area contributed by atoms with Crippen molar-refractivity contribution in [3.05, 3.63) is 97.2 Å². The maximum absolute atomic E-state index is 12.7. The fourth-order valence-electron chi connectivity index (χ4n) is 5.25. The molecule has 0 aromatic heterocycles. The molecule has 0 saturated heterocycles. The number of phosphoric ester groups is 1. The summed E-state index contributed by atoms with van der Waals surface area (Å²) in [5.41, 5.74) is 5.36. The fraction of sp³-hybridized carbons (Fsp3) is 0.622. The van der Waals surface area contributed by atoms with Crippen molar-refractivity contribution in [2.24, 2.45) is 5.73 Å². The first-order valence-corrected chi connectivity index (χ1v) is 22.4. The summed E-state index contributed by atoms with van der Waals surface area (Å²) in [5, 5.41) is 13.6. The van der Waals surface area contributed by atoms with E-state index in [1.54, 1.807) is 6.08 Å². The van der Waals surface area contributed by atoms with Gasteiger partial charge in [-0.05, 0) is 89.9 Å². The minimum absolute atomic E-state index is 0.0604. The Morgan fingerprint density at radius 2 is 1.09 bits per heavy atom. The van der Waals surface area contributed by atoms with Gasteiger partial charge in [0.25, 0.3) is 0 Å². The minimum Gasteiger partial charge on any atom is -0.387 e. The van der Waals surface area contributed by atoms with Crippen molar-refractivity contribution >= 4 is 13.7 Å². The van der Waals surface area contributed by atoms with Gasteiger partial charge in [0.1, 0.15) is 0 Å². The van der Waals surface area contributed by atoms with Crippen LogP contribution in [0, 0.1) is 0 Å². The zero-order chi connectivity index (χ0) is 39.6. The number of phosphoric acid groups is 1. The molecule has 0 aliphatic carbocycles. The first kappa shape index (κ1) is 51.4.